The maximum absolute atomic E-state index is 13.4. The van der Waals surface area contributed by atoms with Crippen LogP contribution in [0.4, 0.5) is 4.79 Å². The van der Waals surface area contributed by atoms with Crippen LogP contribution >= 0.6 is 0 Å². The highest BCUT2D eigenvalue weighted by atomic mass is 16.6. The molecule has 0 saturated carbocycles. The number of hydrogen-bond acceptors (Lipinski definition) is 6. The molecule has 8 nitrogen and oxygen atoms in total. The average Bonchev–Trinajstić information content (AvgIpc) is 3.15. The lowest BCUT2D eigenvalue weighted by Crippen LogP contribution is -2.59. The third-order valence-corrected chi connectivity index (χ3v) is 5.74. The number of esters is 1. The summed E-state index contributed by atoms with van der Waals surface area (Å²) in [5, 5.41) is 1.48. The zero-order valence-corrected chi connectivity index (χ0v) is 20.0. The van der Waals surface area contributed by atoms with Crippen LogP contribution in [0.1, 0.15) is 45.7 Å². The van der Waals surface area contributed by atoms with Crippen molar-refractivity contribution in [2.45, 2.75) is 33.1 Å². The highest BCUT2D eigenvalue weighted by molar-refractivity contribution is 6.21. The van der Waals surface area contributed by atoms with Crippen LogP contribution in [0.25, 0.3) is 0 Å². The van der Waals surface area contributed by atoms with E-state index in [9.17, 15) is 19.2 Å². The van der Waals surface area contributed by atoms with Gasteiger partial charge in [-0.25, -0.2) is 9.59 Å². The summed E-state index contributed by atoms with van der Waals surface area (Å²) in [7, 11) is 0. The molecule has 184 valence electrons. The lowest BCUT2D eigenvalue weighted by Gasteiger charge is -2.36. The highest BCUT2D eigenvalue weighted by Crippen LogP contribution is 2.28. The Morgan fingerprint density at radius 2 is 1.17 bits per heavy atom. The largest absolute Gasteiger partial charge is 0.459 e. The lowest BCUT2D eigenvalue weighted by atomic mass is 10.0. The van der Waals surface area contributed by atoms with Crippen LogP contribution in [-0.2, 0) is 27.5 Å². The number of fused-ring (bicyclic) bond motifs is 1. The van der Waals surface area contributed by atoms with Gasteiger partial charge in [0.2, 0.25) is 0 Å². The molecule has 0 radical (unpaired) electrons. The quantitative estimate of drug-likeness (QED) is 0.341. The summed E-state index contributed by atoms with van der Waals surface area (Å²) in [5.41, 5.74) is 1.75. The van der Waals surface area contributed by atoms with Crippen LogP contribution in [0.3, 0.4) is 0 Å². The molecule has 1 aliphatic rings. The summed E-state index contributed by atoms with van der Waals surface area (Å²) in [6.07, 6.45) is -1.01. The van der Waals surface area contributed by atoms with Crippen molar-refractivity contribution in [3.05, 3.63) is 107 Å². The molecule has 4 rings (SSSR count). The Kier molecular flexibility index (Phi) is 7.44. The van der Waals surface area contributed by atoms with Crippen LogP contribution in [0.15, 0.2) is 84.9 Å². The van der Waals surface area contributed by atoms with E-state index < -0.39 is 35.8 Å². The molecule has 0 fully saturated rings. The van der Waals surface area contributed by atoms with E-state index in [2.05, 4.69) is 0 Å². The second kappa shape index (κ2) is 10.9. The molecule has 8 heteroatoms. The molecule has 0 saturated heterocycles. The molecule has 1 atom stereocenters. The Balaban J connectivity index is 1.65. The average molecular weight is 487 g/mol. The van der Waals surface area contributed by atoms with Crippen molar-refractivity contribution in [1.29, 1.82) is 0 Å². The summed E-state index contributed by atoms with van der Waals surface area (Å²) in [6.45, 7) is 3.26. The molecule has 36 heavy (non-hydrogen) atoms. The maximum atomic E-state index is 13.4. The van der Waals surface area contributed by atoms with Crippen LogP contribution in [0, 0.1) is 5.92 Å². The SMILES string of the molecule is CC(C)[C@H](C(=O)OCc1ccccc1)N(C(=O)OCc1ccccc1)N1C(=O)c2ccccc2C1=O. The Morgan fingerprint density at radius 3 is 1.64 bits per heavy atom. The molecule has 3 amide bonds. The molecule has 3 aromatic carbocycles. The molecule has 0 aliphatic carbocycles. The van der Waals surface area contributed by atoms with Gasteiger partial charge in [-0.15, -0.1) is 0 Å². The highest BCUT2D eigenvalue weighted by Gasteiger charge is 2.48. The van der Waals surface area contributed by atoms with Crippen LogP contribution in [-0.4, -0.2) is 39.9 Å². The fourth-order valence-corrected chi connectivity index (χ4v) is 3.95. The molecule has 0 bridgehead atoms. The second-order valence-corrected chi connectivity index (χ2v) is 8.63. The first-order valence-electron chi connectivity index (χ1n) is 11.6. The summed E-state index contributed by atoms with van der Waals surface area (Å²) in [4.78, 5) is 53.2. The Hall–Kier alpha value is -4.46. The van der Waals surface area contributed by atoms with E-state index in [1.54, 1.807) is 62.4 Å². The number of benzene rings is 3. The molecular formula is C28H26N2O6. The van der Waals surface area contributed by atoms with Gasteiger partial charge in [-0.1, -0.05) is 86.6 Å². The van der Waals surface area contributed by atoms with E-state index in [1.807, 2.05) is 24.3 Å². The number of ether oxygens (including phenoxy) is 2. The molecule has 0 unspecified atom stereocenters. The van der Waals surface area contributed by atoms with Crippen LogP contribution in [0.2, 0.25) is 0 Å². The van der Waals surface area contributed by atoms with E-state index in [4.69, 9.17) is 9.47 Å². The first kappa shape index (κ1) is 24.7. The van der Waals surface area contributed by atoms with Crippen molar-refractivity contribution in [3.8, 4) is 0 Å². The molecule has 0 aromatic heterocycles. The van der Waals surface area contributed by atoms with Crippen molar-refractivity contribution in [2.24, 2.45) is 5.92 Å². The van der Waals surface area contributed by atoms with Crippen molar-refractivity contribution in [2.75, 3.05) is 0 Å². The number of carbonyl (C=O) groups is 4. The third-order valence-electron chi connectivity index (χ3n) is 5.74. The number of rotatable bonds is 8. The first-order chi connectivity index (χ1) is 17.4. The van der Waals surface area contributed by atoms with E-state index in [0.29, 0.717) is 10.6 Å². The number of amides is 3. The molecule has 3 aromatic rings. The number of hydrogen-bond donors (Lipinski definition) is 0. The predicted molar refractivity (Wildman–Crippen MR) is 130 cm³/mol. The van der Waals surface area contributed by atoms with E-state index in [0.717, 1.165) is 10.6 Å². The van der Waals surface area contributed by atoms with Gasteiger partial charge in [-0.05, 0) is 29.2 Å². The number of carbonyl (C=O) groups excluding carboxylic acids is 4. The van der Waals surface area contributed by atoms with Gasteiger partial charge in [0, 0.05) is 0 Å². The number of imide groups is 1. The zero-order chi connectivity index (χ0) is 25.7. The summed E-state index contributed by atoms with van der Waals surface area (Å²) < 4.78 is 11.0. The van der Waals surface area contributed by atoms with Gasteiger partial charge in [0.25, 0.3) is 11.8 Å². The van der Waals surface area contributed by atoms with Crippen molar-refractivity contribution < 1.29 is 28.7 Å². The third kappa shape index (κ3) is 5.12. The van der Waals surface area contributed by atoms with Gasteiger partial charge in [0.15, 0.2) is 6.04 Å². The first-order valence-corrected chi connectivity index (χ1v) is 11.6. The van der Waals surface area contributed by atoms with Gasteiger partial charge in [0.1, 0.15) is 13.2 Å². The van der Waals surface area contributed by atoms with Gasteiger partial charge in [-0.2, -0.15) is 10.0 Å². The minimum Gasteiger partial charge on any atom is -0.459 e. The van der Waals surface area contributed by atoms with Crippen LogP contribution < -0.4 is 0 Å². The number of nitrogens with zero attached hydrogens (tertiary/aromatic N) is 2. The van der Waals surface area contributed by atoms with Gasteiger partial charge < -0.3 is 9.47 Å². The summed E-state index contributed by atoms with van der Waals surface area (Å²) in [6, 6.07) is 23.0. The monoisotopic (exact) mass is 486 g/mol. The Labute approximate surface area is 209 Å². The molecule has 0 N–H and O–H groups in total. The van der Waals surface area contributed by atoms with Gasteiger partial charge in [0.05, 0.1) is 11.1 Å². The molecular weight excluding hydrogens is 460 g/mol. The normalized spacial score (nSPS) is 13.4. The fraction of sp³-hybridized carbons (Fsp3) is 0.214. The summed E-state index contributed by atoms with van der Waals surface area (Å²) in [5.74, 6) is -2.70. The number of hydrazine groups is 1. The summed E-state index contributed by atoms with van der Waals surface area (Å²) >= 11 is 0. The minimum absolute atomic E-state index is 0.0298. The van der Waals surface area contributed by atoms with E-state index in [1.165, 1.54) is 12.1 Å². The van der Waals surface area contributed by atoms with Crippen molar-refractivity contribution in [1.82, 2.24) is 10.0 Å². The fourth-order valence-electron chi connectivity index (χ4n) is 3.95. The van der Waals surface area contributed by atoms with E-state index in [-0.39, 0.29) is 24.3 Å². The van der Waals surface area contributed by atoms with Crippen molar-refractivity contribution in [3.63, 3.8) is 0 Å². The standard InChI is InChI=1S/C28H26N2O6/c1-19(2)24(27(33)35-17-20-11-5-3-6-12-20)29(28(34)36-18-21-13-7-4-8-14-21)30-25(31)22-15-9-10-16-23(22)26(30)32/h3-16,19,24H,17-18H2,1-2H3/t24-/m1/s1. The topological polar surface area (TPSA) is 93.2 Å². The Bertz CT molecular complexity index is 1220. The lowest BCUT2D eigenvalue weighted by molar-refractivity contribution is -0.157. The predicted octanol–water partition coefficient (Wildman–Crippen LogP) is 4.60. The van der Waals surface area contributed by atoms with Crippen LogP contribution in [0.5, 0.6) is 0 Å². The van der Waals surface area contributed by atoms with Crippen molar-refractivity contribution >= 4 is 23.9 Å². The van der Waals surface area contributed by atoms with Gasteiger partial charge >= 0.3 is 12.1 Å². The zero-order valence-electron chi connectivity index (χ0n) is 20.0. The Morgan fingerprint density at radius 1 is 0.722 bits per heavy atom. The maximum Gasteiger partial charge on any atom is 0.430 e. The molecule has 1 aliphatic heterocycles. The molecule has 0 spiro atoms. The smallest absolute Gasteiger partial charge is 0.430 e. The second-order valence-electron chi connectivity index (χ2n) is 8.63. The van der Waals surface area contributed by atoms with E-state index >= 15 is 0 Å². The molecule has 1 heterocycles. The van der Waals surface area contributed by atoms with Gasteiger partial charge in [-0.3, -0.25) is 9.59 Å². The minimum atomic E-state index is -1.29.